The molecule has 1 fully saturated rings. The first-order valence-electron chi connectivity index (χ1n) is 8.07. The molecule has 0 aliphatic carbocycles. The molecule has 1 aliphatic heterocycles. The topological polar surface area (TPSA) is 57.7 Å². The first kappa shape index (κ1) is 17.8. The van der Waals surface area contributed by atoms with E-state index in [0.29, 0.717) is 18.8 Å². The quantitative estimate of drug-likeness (QED) is 0.847. The fraction of sp³-hybridized carbons (Fsp3) is 0.588. The molecule has 0 aromatic heterocycles. The molecule has 0 radical (unpaired) electrons. The van der Waals surface area contributed by atoms with Crippen molar-refractivity contribution in [2.24, 2.45) is 0 Å². The number of hydrogen-bond donors (Lipinski definition) is 0. The van der Waals surface area contributed by atoms with Crippen molar-refractivity contribution >= 4 is 21.6 Å². The summed E-state index contributed by atoms with van der Waals surface area (Å²) < 4.78 is 25.9. The normalized spacial score (nSPS) is 17.0. The number of rotatable bonds is 4. The van der Waals surface area contributed by atoms with E-state index in [2.05, 4.69) is 0 Å². The zero-order valence-electron chi connectivity index (χ0n) is 14.4. The molecule has 0 spiro atoms. The van der Waals surface area contributed by atoms with Gasteiger partial charge in [-0.2, -0.15) is 0 Å². The number of carbonyl (C=O) groups excluding carboxylic acids is 1. The molecule has 1 aliphatic rings. The summed E-state index contributed by atoms with van der Waals surface area (Å²) in [6.07, 6.45) is 4.26. The highest BCUT2D eigenvalue weighted by molar-refractivity contribution is 7.92. The van der Waals surface area contributed by atoms with Gasteiger partial charge in [-0.05, 0) is 63.3 Å². The summed E-state index contributed by atoms with van der Waals surface area (Å²) in [6, 6.07) is 4.76. The van der Waals surface area contributed by atoms with Gasteiger partial charge in [-0.1, -0.05) is 6.07 Å². The summed E-state index contributed by atoms with van der Waals surface area (Å²) in [5, 5.41) is 0. The lowest BCUT2D eigenvalue weighted by Gasteiger charge is -2.34. The predicted octanol–water partition coefficient (Wildman–Crippen LogP) is 2.47. The van der Waals surface area contributed by atoms with Crippen molar-refractivity contribution in [3.8, 4) is 0 Å². The predicted molar refractivity (Wildman–Crippen MR) is 93.1 cm³/mol. The van der Waals surface area contributed by atoms with Crippen LogP contribution in [0.15, 0.2) is 18.2 Å². The van der Waals surface area contributed by atoms with Crippen LogP contribution in [0.25, 0.3) is 0 Å². The number of sulfonamides is 1. The Hall–Kier alpha value is -1.56. The van der Waals surface area contributed by atoms with E-state index in [9.17, 15) is 13.2 Å². The van der Waals surface area contributed by atoms with Crippen molar-refractivity contribution < 1.29 is 13.2 Å². The van der Waals surface area contributed by atoms with Gasteiger partial charge in [0.05, 0.1) is 11.9 Å². The van der Waals surface area contributed by atoms with E-state index in [0.717, 1.165) is 36.6 Å². The first-order valence-corrected chi connectivity index (χ1v) is 9.92. The zero-order chi connectivity index (χ0) is 17.2. The number of amides is 1. The molecule has 6 heteroatoms. The van der Waals surface area contributed by atoms with Gasteiger partial charge >= 0.3 is 0 Å². The van der Waals surface area contributed by atoms with Crippen LogP contribution < -0.4 is 4.31 Å². The van der Waals surface area contributed by atoms with Crippen molar-refractivity contribution in [3.05, 3.63) is 29.3 Å². The van der Waals surface area contributed by atoms with Crippen LogP contribution in [0, 0.1) is 13.8 Å². The van der Waals surface area contributed by atoms with Crippen LogP contribution in [0.2, 0.25) is 0 Å². The smallest absolute Gasteiger partial charge is 0.246 e. The molecule has 1 amide bonds. The molecule has 0 N–H and O–H groups in total. The SMILES string of the molecule is Cc1ccc(N([C@@H](C)C(=O)N2CCCCC2)S(C)(=O)=O)cc1C. The maximum Gasteiger partial charge on any atom is 0.246 e. The van der Waals surface area contributed by atoms with Gasteiger partial charge in [-0.25, -0.2) is 8.42 Å². The van der Waals surface area contributed by atoms with Crippen molar-refractivity contribution in [3.63, 3.8) is 0 Å². The lowest BCUT2D eigenvalue weighted by atomic mass is 10.1. The average Bonchev–Trinajstić information content (AvgIpc) is 2.49. The Morgan fingerprint density at radius 1 is 1.13 bits per heavy atom. The minimum absolute atomic E-state index is 0.117. The lowest BCUT2D eigenvalue weighted by molar-refractivity contribution is -0.132. The van der Waals surface area contributed by atoms with Crippen molar-refractivity contribution in [1.29, 1.82) is 0 Å². The molecular formula is C17H26N2O3S. The minimum atomic E-state index is -3.54. The Kier molecular flexibility index (Phi) is 5.34. The molecule has 5 nitrogen and oxygen atoms in total. The third-order valence-corrected chi connectivity index (χ3v) is 5.72. The molecule has 128 valence electrons. The summed E-state index contributed by atoms with van der Waals surface area (Å²) in [5.74, 6) is -0.117. The van der Waals surface area contributed by atoms with Crippen LogP contribution in [-0.2, 0) is 14.8 Å². The Labute approximate surface area is 139 Å². The molecule has 0 bridgehead atoms. The molecule has 23 heavy (non-hydrogen) atoms. The van der Waals surface area contributed by atoms with E-state index in [-0.39, 0.29) is 5.91 Å². The van der Waals surface area contributed by atoms with E-state index in [1.807, 2.05) is 26.0 Å². The van der Waals surface area contributed by atoms with Crippen molar-refractivity contribution in [2.45, 2.75) is 46.1 Å². The van der Waals surface area contributed by atoms with Crippen molar-refractivity contribution in [2.75, 3.05) is 23.7 Å². The standard InChI is InChI=1S/C17H26N2O3S/c1-13-8-9-16(12-14(13)2)19(23(4,21)22)15(3)17(20)18-10-6-5-7-11-18/h8-9,12,15H,5-7,10-11H2,1-4H3/t15-/m0/s1. The summed E-state index contributed by atoms with van der Waals surface area (Å²) in [5.41, 5.74) is 2.65. The van der Waals surface area contributed by atoms with Crippen LogP contribution in [0.5, 0.6) is 0 Å². The summed E-state index contributed by atoms with van der Waals surface area (Å²) in [6.45, 7) is 7.03. The molecule has 1 saturated heterocycles. The Bertz CT molecular complexity index is 679. The van der Waals surface area contributed by atoms with E-state index in [1.54, 1.807) is 17.9 Å². The third-order valence-electron chi connectivity index (χ3n) is 4.48. The monoisotopic (exact) mass is 338 g/mol. The number of likely N-dealkylation sites (tertiary alicyclic amines) is 1. The summed E-state index contributed by atoms with van der Waals surface area (Å²) in [4.78, 5) is 14.5. The number of piperidine rings is 1. The van der Waals surface area contributed by atoms with E-state index >= 15 is 0 Å². The van der Waals surface area contributed by atoms with Gasteiger partial charge in [0.2, 0.25) is 15.9 Å². The summed E-state index contributed by atoms with van der Waals surface area (Å²) >= 11 is 0. The molecule has 1 heterocycles. The number of benzene rings is 1. The lowest BCUT2D eigenvalue weighted by Crippen LogP contribution is -2.50. The van der Waals surface area contributed by atoms with Crippen molar-refractivity contribution in [1.82, 2.24) is 4.90 Å². The molecule has 0 unspecified atom stereocenters. The number of aryl methyl sites for hydroxylation is 2. The van der Waals surface area contributed by atoms with E-state index < -0.39 is 16.1 Å². The molecule has 1 atom stereocenters. The van der Waals surface area contributed by atoms with Gasteiger partial charge < -0.3 is 4.90 Å². The number of hydrogen-bond acceptors (Lipinski definition) is 3. The number of carbonyl (C=O) groups is 1. The highest BCUT2D eigenvalue weighted by atomic mass is 32.2. The van der Waals surface area contributed by atoms with Crippen LogP contribution >= 0.6 is 0 Å². The maximum atomic E-state index is 12.7. The largest absolute Gasteiger partial charge is 0.341 e. The van der Waals surface area contributed by atoms with Gasteiger partial charge in [0, 0.05) is 13.1 Å². The second kappa shape index (κ2) is 6.91. The van der Waals surface area contributed by atoms with Gasteiger partial charge in [0.15, 0.2) is 0 Å². The van der Waals surface area contributed by atoms with Gasteiger partial charge in [0.1, 0.15) is 6.04 Å². The molecular weight excluding hydrogens is 312 g/mol. The molecule has 2 rings (SSSR count). The molecule has 1 aromatic rings. The highest BCUT2D eigenvalue weighted by Crippen LogP contribution is 2.25. The van der Waals surface area contributed by atoms with E-state index in [1.165, 1.54) is 4.31 Å². The minimum Gasteiger partial charge on any atom is -0.341 e. The Morgan fingerprint density at radius 2 is 1.74 bits per heavy atom. The molecule has 0 saturated carbocycles. The fourth-order valence-electron chi connectivity index (χ4n) is 3.04. The third kappa shape index (κ3) is 4.05. The average molecular weight is 338 g/mol. The fourth-order valence-corrected chi connectivity index (χ4v) is 4.20. The number of nitrogens with zero attached hydrogens (tertiary/aromatic N) is 2. The van der Waals surface area contributed by atoms with Crippen LogP contribution in [0.1, 0.15) is 37.3 Å². The second-order valence-electron chi connectivity index (χ2n) is 6.39. The highest BCUT2D eigenvalue weighted by Gasteiger charge is 2.32. The van der Waals surface area contributed by atoms with Gasteiger partial charge in [-0.3, -0.25) is 9.10 Å². The Balaban J connectivity index is 2.34. The van der Waals surface area contributed by atoms with Crippen LogP contribution in [0.3, 0.4) is 0 Å². The number of anilines is 1. The van der Waals surface area contributed by atoms with Gasteiger partial charge in [-0.15, -0.1) is 0 Å². The summed E-state index contributed by atoms with van der Waals surface area (Å²) in [7, 11) is -3.54. The maximum absolute atomic E-state index is 12.7. The first-order chi connectivity index (χ1) is 10.7. The Morgan fingerprint density at radius 3 is 2.26 bits per heavy atom. The molecule has 1 aromatic carbocycles. The van der Waals surface area contributed by atoms with Crippen LogP contribution in [-0.4, -0.2) is 44.6 Å². The second-order valence-corrected chi connectivity index (χ2v) is 8.25. The van der Waals surface area contributed by atoms with Crippen LogP contribution in [0.4, 0.5) is 5.69 Å². The van der Waals surface area contributed by atoms with Gasteiger partial charge in [0.25, 0.3) is 0 Å². The van der Waals surface area contributed by atoms with E-state index in [4.69, 9.17) is 0 Å². The zero-order valence-corrected chi connectivity index (χ0v) is 15.2.